The number of carbonyl (C=O) groups excluding carboxylic acids is 1. The van der Waals surface area contributed by atoms with Gasteiger partial charge in [0.15, 0.2) is 0 Å². The maximum Gasteiger partial charge on any atom is 0.254 e. The molecule has 17 heavy (non-hydrogen) atoms. The first-order chi connectivity index (χ1) is 7.90. The summed E-state index contributed by atoms with van der Waals surface area (Å²) in [5.74, 6) is -0.0173. The molecule has 0 aliphatic carbocycles. The standard InChI is InChI=1S/C14H21NO2/c1-11(12-9-7-6-8-10-12)15(4)13(16)14(2,3)17-5/h6-11H,1-5H3/t11-/m1/s1. The zero-order valence-corrected chi connectivity index (χ0v) is 11.2. The summed E-state index contributed by atoms with van der Waals surface area (Å²) in [7, 11) is 3.36. The van der Waals surface area contributed by atoms with Crippen molar-refractivity contribution in [3.63, 3.8) is 0 Å². The summed E-state index contributed by atoms with van der Waals surface area (Å²) in [5.41, 5.74) is 0.341. The van der Waals surface area contributed by atoms with Crippen LogP contribution in [0.2, 0.25) is 0 Å². The average Bonchev–Trinajstić information content (AvgIpc) is 2.37. The van der Waals surface area contributed by atoms with E-state index in [1.165, 1.54) is 0 Å². The molecular weight excluding hydrogens is 214 g/mol. The third-order valence-electron chi connectivity index (χ3n) is 3.21. The Morgan fingerprint density at radius 2 is 1.82 bits per heavy atom. The molecule has 0 bridgehead atoms. The van der Waals surface area contributed by atoms with Crippen molar-refractivity contribution in [2.75, 3.05) is 14.2 Å². The second-order valence-corrected chi connectivity index (χ2v) is 4.72. The molecule has 3 nitrogen and oxygen atoms in total. The van der Waals surface area contributed by atoms with E-state index in [2.05, 4.69) is 0 Å². The van der Waals surface area contributed by atoms with E-state index in [-0.39, 0.29) is 11.9 Å². The van der Waals surface area contributed by atoms with Crippen LogP contribution in [0.15, 0.2) is 30.3 Å². The number of nitrogens with zero attached hydrogens (tertiary/aromatic N) is 1. The molecule has 0 saturated heterocycles. The second-order valence-electron chi connectivity index (χ2n) is 4.72. The van der Waals surface area contributed by atoms with Crippen molar-refractivity contribution in [1.82, 2.24) is 4.90 Å². The predicted octanol–water partition coefficient (Wildman–Crippen LogP) is 2.63. The highest BCUT2D eigenvalue weighted by Crippen LogP contribution is 2.22. The number of likely N-dealkylation sites (N-methyl/N-ethyl adjacent to an activating group) is 1. The van der Waals surface area contributed by atoms with E-state index in [1.54, 1.807) is 32.9 Å². The summed E-state index contributed by atoms with van der Waals surface area (Å²) >= 11 is 0. The van der Waals surface area contributed by atoms with E-state index >= 15 is 0 Å². The van der Waals surface area contributed by atoms with Gasteiger partial charge in [0.2, 0.25) is 0 Å². The molecule has 1 aromatic rings. The lowest BCUT2D eigenvalue weighted by molar-refractivity contribution is -0.151. The van der Waals surface area contributed by atoms with Crippen molar-refractivity contribution in [2.24, 2.45) is 0 Å². The van der Waals surface area contributed by atoms with E-state index < -0.39 is 5.60 Å². The molecule has 94 valence electrons. The molecule has 0 heterocycles. The monoisotopic (exact) mass is 235 g/mol. The van der Waals surface area contributed by atoms with Crippen LogP contribution in [-0.2, 0) is 9.53 Å². The Balaban J connectivity index is 2.84. The molecule has 0 unspecified atom stereocenters. The largest absolute Gasteiger partial charge is 0.369 e. The van der Waals surface area contributed by atoms with Crippen LogP contribution in [-0.4, -0.2) is 30.6 Å². The van der Waals surface area contributed by atoms with Crippen molar-refractivity contribution in [3.8, 4) is 0 Å². The third kappa shape index (κ3) is 3.07. The predicted molar refractivity (Wildman–Crippen MR) is 68.7 cm³/mol. The molecule has 1 aromatic carbocycles. The zero-order chi connectivity index (χ0) is 13.1. The topological polar surface area (TPSA) is 29.5 Å². The Kier molecular flexibility index (Phi) is 4.29. The fraction of sp³-hybridized carbons (Fsp3) is 0.500. The van der Waals surface area contributed by atoms with Crippen LogP contribution in [0.4, 0.5) is 0 Å². The molecule has 0 fully saturated rings. The van der Waals surface area contributed by atoms with Gasteiger partial charge in [-0.3, -0.25) is 4.79 Å². The van der Waals surface area contributed by atoms with Gasteiger partial charge in [-0.2, -0.15) is 0 Å². The first kappa shape index (κ1) is 13.7. The Bertz CT molecular complexity index is 373. The van der Waals surface area contributed by atoms with E-state index in [9.17, 15) is 4.79 Å². The van der Waals surface area contributed by atoms with E-state index in [0.717, 1.165) is 5.56 Å². The van der Waals surface area contributed by atoms with Crippen LogP contribution >= 0.6 is 0 Å². The number of methoxy groups -OCH3 is 1. The van der Waals surface area contributed by atoms with Crippen LogP contribution in [0.25, 0.3) is 0 Å². The summed E-state index contributed by atoms with van der Waals surface area (Å²) in [6.07, 6.45) is 0. The smallest absolute Gasteiger partial charge is 0.254 e. The van der Waals surface area contributed by atoms with Gasteiger partial charge in [-0.1, -0.05) is 30.3 Å². The average molecular weight is 235 g/mol. The molecule has 0 saturated carbocycles. The van der Waals surface area contributed by atoms with Crippen molar-refractivity contribution < 1.29 is 9.53 Å². The number of rotatable bonds is 4. The summed E-state index contributed by atoms with van der Waals surface area (Å²) in [6.45, 7) is 5.58. The molecule has 0 aromatic heterocycles. The number of benzene rings is 1. The van der Waals surface area contributed by atoms with Gasteiger partial charge in [0.05, 0.1) is 6.04 Å². The van der Waals surface area contributed by atoms with Gasteiger partial charge in [0, 0.05) is 14.2 Å². The van der Waals surface area contributed by atoms with Gasteiger partial charge in [-0.05, 0) is 26.3 Å². The Morgan fingerprint density at radius 3 is 2.29 bits per heavy atom. The molecule has 1 atom stereocenters. The minimum Gasteiger partial charge on any atom is -0.369 e. The highest BCUT2D eigenvalue weighted by Gasteiger charge is 2.32. The van der Waals surface area contributed by atoms with E-state index in [1.807, 2.05) is 37.3 Å². The lowest BCUT2D eigenvalue weighted by Crippen LogP contribution is -2.45. The van der Waals surface area contributed by atoms with Gasteiger partial charge < -0.3 is 9.64 Å². The highest BCUT2D eigenvalue weighted by atomic mass is 16.5. The van der Waals surface area contributed by atoms with Crippen LogP contribution in [0.5, 0.6) is 0 Å². The molecule has 1 amide bonds. The minimum absolute atomic E-state index is 0.0173. The summed E-state index contributed by atoms with van der Waals surface area (Å²) in [4.78, 5) is 13.9. The second kappa shape index (κ2) is 5.32. The fourth-order valence-electron chi connectivity index (χ4n) is 1.64. The van der Waals surface area contributed by atoms with Crippen molar-refractivity contribution >= 4 is 5.91 Å². The summed E-state index contributed by atoms with van der Waals surface area (Å²) in [6, 6.07) is 10.0. The van der Waals surface area contributed by atoms with Gasteiger partial charge in [-0.15, -0.1) is 0 Å². The SMILES string of the molecule is COC(C)(C)C(=O)N(C)[C@H](C)c1ccccc1. The number of ether oxygens (including phenoxy) is 1. The first-order valence-electron chi connectivity index (χ1n) is 5.77. The van der Waals surface area contributed by atoms with Crippen molar-refractivity contribution in [2.45, 2.75) is 32.4 Å². The van der Waals surface area contributed by atoms with Crippen LogP contribution in [0, 0.1) is 0 Å². The van der Waals surface area contributed by atoms with Gasteiger partial charge in [-0.25, -0.2) is 0 Å². The normalized spacial score (nSPS) is 13.2. The molecule has 0 radical (unpaired) electrons. The van der Waals surface area contributed by atoms with Crippen molar-refractivity contribution in [3.05, 3.63) is 35.9 Å². The lowest BCUT2D eigenvalue weighted by Gasteiger charge is -2.32. The summed E-state index contributed by atoms with van der Waals surface area (Å²) in [5, 5.41) is 0. The fourth-order valence-corrected chi connectivity index (χ4v) is 1.64. The van der Waals surface area contributed by atoms with E-state index in [0.29, 0.717) is 0 Å². The Labute approximate surface area is 103 Å². The van der Waals surface area contributed by atoms with Crippen LogP contribution in [0.1, 0.15) is 32.4 Å². The molecule has 0 aliphatic rings. The number of amides is 1. The quantitative estimate of drug-likeness (QED) is 0.803. The number of hydrogen-bond donors (Lipinski definition) is 0. The maximum atomic E-state index is 12.2. The van der Waals surface area contributed by atoms with Gasteiger partial charge in [0.25, 0.3) is 5.91 Å². The molecule has 0 spiro atoms. The first-order valence-corrected chi connectivity index (χ1v) is 5.77. The van der Waals surface area contributed by atoms with Crippen LogP contribution in [0.3, 0.4) is 0 Å². The molecule has 1 rings (SSSR count). The van der Waals surface area contributed by atoms with Crippen molar-refractivity contribution in [1.29, 1.82) is 0 Å². The van der Waals surface area contributed by atoms with Crippen LogP contribution < -0.4 is 0 Å². The molecule has 0 N–H and O–H groups in total. The maximum absolute atomic E-state index is 12.2. The third-order valence-corrected chi connectivity index (χ3v) is 3.21. The highest BCUT2D eigenvalue weighted by molar-refractivity contribution is 5.84. The van der Waals surface area contributed by atoms with E-state index in [4.69, 9.17) is 4.74 Å². The Morgan fingerprint density at radius 1 is 1.29 bits per heavy atom. The zero-order valence-electron chi connectivity index (χ0n) is 11.2. The number of carbonyl (C=O) groups is 1. The van der Waals surface area contributed by atoms with Gasteiger partial charge >= 0.3 is 0 Å². The molecular formula is C14H21NO2. The molecule has 3 heteroatoms. The Hall–Kier alpha value is -1.35. The lowest BCUT2D eigenvalue weighted by atomic mass is 10.0. The van der Waals surface area contributed by atoms with Gasteiger partial charge in [0.1, 0.15) is 5.60 Å². The minimum atomic E-state index is -0.780. The molecule has 0 aliphatic heterocycles. The summed E-state index contributed by atoms with van der Waals surface area (Å²) < 4.78 is 5.22. The number of hydrogen-bond acceptors (Lipinski definition) is 2.